The number of hydrogen-bond donors (Lipinski definition) is 1. The number of aromatic nitrogens is 1. The molecule has 2 rings (SSSR count). The lowest BCUT2D eigenvalue weighted by Gasteiger charge is -2.01. The van der Waals surface area contributed by atoms with Gasteiger partial charge in [0, 0.05) is 12.2 Å². The van der Waals surface area contributed by atoms with Gasteiger partial charge in [-0.25, -0.2) is 0 Å². The fraction of sp³-hybridized carbons (Fsp3) is 0.500. The standard InChI is InChI=1S/C10H12N2O.C2H6/c1-7-2-5-9(11-6-7)10(13)12-8-3-4-8;1-2/h2,5-6,8H,3-4H2,1H3,(H,12,13);1-2H3. The number of amides is 1. The van der Waals surface area contributed by atoms with Crippen LogP contribution in [-0.2, 0) is 0 Å². The van der Waals surface area contributed by atoms with Crippen LogP contribution in [-0.4, -0.2) is 16.9 Å². The SMILES string of the molecule is CC.Cc1ccc(C(=O)NC2CC2)nc1. The van der Waals surface area contributed by atoms with Crippen molar-refractivity contribution in [3.63, 3.8) is 0 Å². The minimum Gasteiger partial charge on any atom is -0.348 e. The zero-order chi connectivity index (χ0) is 11.3. The van der Waals surface area contributed by atoms with Crippen LogP contribution in [0.4, 0.5) is 0 Å². The molecule has 1 amide bonds. The van der Waals surface area contributed by atoms with Gasteiger partial charge >= 0.3 is 0 Å². The largest absolute Gasteiger partial charge is 0.348 e. The molecule has 1 saturated carbocycles. The van der Waals surface area contributed by atoms with Crippen LogP contribution in [0, 0.1) is 6.92 Å². The van der Waals surface area contributed by atoms with Crippen LogP contribution in [0.2, 0.25) is 0 Å². The second kappa shape index (κ2) is 5.49. The number of carbonyl (C=O) groups excluding carboxylic acids is 1. The Morgan fingerprint density at radius 1 is 1.40 bits per heavy atom. The van der Waals surface area contributed by atoms with Gasteiger partial charge in [0.1, 0.15) is 5.69 Å². The average Bonchev–Trinajstić information content (AvgIpc) is 3.06. The summed E-state index contributed by atoms with van der Waals surface area (Å²) in [4.78, 5) is 15.5. The van der Waals surface area contributed by atoms with E-state index in [2.05, 4.69) is 10.3 Å². The molecule has 0 atom stereocenters. The molecule has 3 nitrogen and oxygen atoms in total. The molecule has 1 aliphatic carbocycles. The summed E-state index contributed by atoms with van der Waals surface area (Å²) in [6.45, 7) is 5.95. The van der Waals surface area contributed by atoms with Crippen molar-refractivity contribution in [2.24, 2.45) is 0 Å². The Morgan fingerprint density at radius 2 is 2.07 bits per heavy atom. The molecule has 0 aromatic carbocycles. The van der Waals surface area contributed by atoms with Crippen LogP contribution in [0.3, 0.4) is 0 Å². The van der Waals surface area contributed by atoms with E-state index in [0.717, 1.165) is 18.4 Å². The summed E-state index contributed by atoms with van der Waals surface area (Å²) in [6, 6.07) is 4.05. The topological polar surface area (TPSA) is 42.0 Å². The van der Waals surface area contributed by atoms with Crippen molar-refractivity contribution in [2.75, 3.05) is 0 Å². The molecule has 1 N–H and O–H groups in total. The molecule has 1 heterocycles. The number of rotatable bonds is 2. The van der Waals surface area contributed by atoms with E-state index in [1.54, 1.807) is 12.3 Å². The second-order valence-corrected chi connectivity index (χ2v) is 3.47. The van der Waals surface area contributed by atoms with Gasteiger partial charge in [-0.15, -0.1) is 0 Å². The molecule has 0 saturated heterocycles. The van der Waals surface area contributed by atoms with Crippen LogP contribution < -0.4 is 5.32 Å². The minimum absolute atomic E-state index is 0.0532. The highest BCUT2D eigenvalue weighted by atomic mass is 16.2. The Bertz CT molecular complexity index is 315. The highest BCUT2D eigenvalue weighted by Crippen LogP contribution is 2.18. The van der Waals surface area contributed by atoms with Crippen LogP contribution in [0.1, 0.15) is 42.7 Å². The van der Waals surface area contributed by atoms with Crippen LogP contribution in [0.15, 0.2) is 18.3 Å². The molecule has 0 radical (unpaired) electrons. The van der Waals surface area contributed by atoms with Crippen molar-refractivity contribution in [1.82, 2.24) is 10.3 Å². The van der Waals surface area contributed by atoms with Crippen molar-refractivity contribution in [3.05, 3.63) is 29.6 Å². The average molecular weight is 206 g/mol. The summed E-state index contributed by atoms with van der Waals surface area (Å²) < 4.78 is 0. The highest BCUT2D eigenvalue weighted by molar-refractivity contribution is 5.92. The molecular weight excluding hydrogens is 188 g/mol. The van der Waals surface area contributed by atoms with Crippen molar-refractivity contribution in [3.8, 4) is 0 Å². The molecule has 0 spiro atoms. The van der Waals surface area contributed by atoms with E-state index in [-0.39, 0.29) is 5.91 Å². The van der Waals surface area contributed by atoms with E-state index >= 15 is 0 Å². The van der Waals surface area contributed by atoms with E-state index in [0.29, 0.717) is 11.7 Å². The van der Waals surface area contributed by atoms with Gasteiger partial charge in [0.05, 0.1) is 0 Å². The Balaban J connectivity index is 0.000000531. The minimum atomic E-state index is -0.0532. The molecule has 15 heavy (non-hydrogen) atoms. The van der Waals surface area contributed by atoms with Gasteiger partial charge in [-0.3, -0.25) is 9.78 Å². The molecule has 0 bridgehead atoms. The maximum atomic E-state index is 11.4. The number of hydrogen-bond acceptors (Lipinski definition) is 2. The molecular formula is C12H18N2O. The van der Waals surface area contributed by atoms with E-state index in [4.69, 9.17) is 0 Å². The maximum Gasteiger partial charge on any atom is 0.270 e. The van der Waals surface area contributed by atoms with Gasteiger partial charge in [-0.1, -0.05) is 19.9 Å². The molecule has 1 aromatic rings. The van der Waals surface area contributed by atoms with Gasteiger partial charge in [0.15, 0.2) is 0 Å². The lowest BCUT2D eigenvalue weighted by Crippen LogP contribution is -2.26. The number of aryl methyl sites for hydroxylation is 1. The van der Waals surface area contributed by atoms with Gasteiger partial charge < -0.3 is 5.32 Å². The van der Waals surface area contributed by atoms with Crippen molar-refractivity contribution in [2.45, 2.75) is 39.7 Å². The lowest BCUT2D eigenvalue weighted by molar-refractivity contribution is 0.0946. The van der Waals surface area contributed by atoms with Gasteiger partial charge in [-0.2, -0.15) is 0 Å². The summed E-state index contributed by atoms with van der Waals surface area (Å²) in [5, 5.41) is 2.89. The fourth-order valence-corrected chi connectivity index (χ4v) is 1.09. The van der Waals surface area contributed by atoms with Crippen LogP contribution >= 0.6 is 0 Å². The van der Waals surface area contributed by atoms with Crippen molar-refractivity contribution < 1.29 is 4.79 Å². The van der Waals surface area contributed by atoms with Crippen LogP contribution in [0.5, 0.6) is 0 Å². The van der Waals surface area contributed by atoms with Crippen LogP contribution in [0.25, 0.3) is 0 Å². The number of carbonyl (C=O) groups is 1. The number of pyridine rings is 1. The molecule has 1 aromatic heterocycles. The smallest absolute Gasteiger partial charge is 0.270 e. The summed E-state index contributed by atoms with van der Waals surface area (Å²) in [6.07, 6.45) is 3.93. The third-order valence-electron chi connectivity index (χ3n) is 2.06. The third-order valence-corrected chi connectivity index (χ3v) is 2.06. The monoisotopic (exact) mass is 206 g/mol. The molecule has 3 heteroatoms. The zero-order valence-corrected chi connectivity index (χ0v) is 9.58. The zero-order valence-electron chi connectivity index (χ0n) is 9.58. The quantitative estimate of drug-likeness (QED) is 0.806. The summed E-state index contributed by atoms with van der Waals surface area (Å²) in [5.74, 6) is -0.0532. The Kier molecular flexibility index (Phi) is 4.28. The summed E-state index contributed by atoms with van der Waals surface area (Å²) >= 11 is 0. The highest BCUT2D eigenvalue weighted by Gasteiger charge is 2.23. The number of nitrogens with one attached hydrogen (secondary N) is 1. The summed E-state index contributed by atoms with van der Waals surface area (Å²) in [7, 11) is 0. The number of nitrogens with zero attached hydrogens (tertiary/aromatic N) is 1. The lowest BCUT2D eigenvalue weighted by atomic mass is 10.2. The Morgan fingerprint density at radius 3 is 2.53 bits per heavy atom. The van der Waals surface area contributed by atoms with E-state index in [9.17, 15) is 4.79 Å². The predicted molar refractivity (Wildman–Crippen MR) is 60.8 cm³/mol. The van der Waals surface area contributed by atoms with Crippen molar-refractivity contribution in [1.29, 1.82) is 0 Å². The molecule has 1 aliphatic rings. The molecule has 82 valence electrons. The predicted octanol–water partition coefficient (Wildman–Crippen LogP) is 2.31. The first-order valence-corrected chi connectivity index (χ1v) is 5.49. The Labute approximate surface area is 90.9 Å². The maximum absolute atomic E-state index is 11.4. The fourth-order valence-electron chi connectivity index (χ4n) is 1.09. The van der Waals surface area contributed by atoms with Gasteiger partial charge in [0.25, 0.3) is 5.91 Å². The van der Waals surface area contributed by atoms with E-state index in [1.165, 1.54) is 0 Å². The first-order chi connectivity index (χ1) is 7.25. The Hall–Kier alpha value is -1.38. The molecule has 0 unspecified atom stereocenters. The second-order valence-electron chi connectivity index (χ2n) is 3.47. The van der Waals surface area contributed by atoms with Gasteiger partial charge in [0.2, 0.25) is 0 Å². The van der Waals surface area contributed by atoms with Gasteiger partial charge in [-0.05, 0) is 31.4 Å². The van der Waals surface area contributed by atoms with E-state index in [1.807, 2.05) is 26.8 Å². The normalized spacial score (nSPS) is 13.8. The summed E-state index contributed by atoms with van der Waals surface area (Å²) in [5.41, 5.74) is 1.58. The third kappa shape index (κ3) is 3.70. The molecule has 1 fully saturated rings. The molecule has 0 aliphatic heterocycles. The first-order valence-electron chi connectivity index (χ1n) is 5.49. The first kappa shape index (κ1) is 11.7. The van der Waals surface area contributed by atoms with Crippen molar-refractivity contribution >= 4 is 5.91 Å². The van der Waals surface area contributed by atoms with E-state index < -0.39 is 0 Å².